The molecule has 0 nitrogen and oxygen atoms in total. The number of hydrogen-bond donors (Lipinski definition) is 1. The highest BCUT2D eigenvalue weighted by Crippen LogP contribution is 1.58. The van der Waals surface area contributed by atoms with Gasteiger partial charge in [0.2, 0.25) is 0 Å². The van der Waals surface area contributed by atoms with Gasteiger partial charge in [0, 0.05) is 0 Å². The zero-order valence-corrected chi connectivity index (χ0v) is 4.55. The number of thiol groups is 1. The van der Waals surface area contributed by atoms with E-state index in [0.29, 0.717) is 0 Å². The molecular formula is C2H8S2. The quantitative estimate of drug-likeness (QED) is 0.428. The molecule has 0 bridgehead atoms. The summed E-state index contributed by atoms with van der Waals surface area (Å²) in [7, 11) is 0. The Kier molecular flexibility index (Phi) is 20.6. The van der Waals surface area contributed by atoms with Gasteiger partial charge in [0.15, 0.2) is 0 Å². The fraction of sp³-hybridized carbons (Fsp3) is 1.00. The van der Waals surface area contributed by atoms with Gasteiger partial charge in [-0.2, -0.15) is 26.1 Å². The van der Waals surface area contributed by atoms with E-state index in [9.17, 15) is 0 Å². The molecule has 0 aromatic rings. The van der Waals surface area contributed by atoms with Gasteiger partial charge in [-0.3, -0.25) is 0 Å². The highest BCUT2D eigenvalue weighted by Gasteiger charge is 1.35. The second-order valence-electron chi connectivity index (χ2n) is 0.316. The Hall–Kier alpha value is 0.700. The molecule has 0 atom stereocenters. The topological polar surface area (TPSA) is 0 Å². The summed E-state index contributed by atoms with van der Waals surface area (Å²) >= 11 is 3.79. The highest BCUT2D eigenvalue weighted by molar-refractivity contribution is 7.80. The lowest BCUT2D eigenvalue weighted by Gasteiger charge is -1.48. The summed E-state index contributed by atoms with van der Waals surface area (Å²) < 4.78 is 0. The molecule has 0 fully saturated rings. The molecule has 0 heterocycles. The van der Waals surface area contributed by atoms with Crippen molar-refractivity contribution in [2.45, 2.75) is 6.92 Å². The van der Waals surface area contributed by atoms with Crippen molar-refractivity contribution in [1.82, 2.24) is 0 Å². The fourth-order valence-electron chi connectivity index (χ4n) is 0. The van der Waals surface area contributed by atoms with Crippen LogP contribution in [0, 0.1) is 0 Å². The molecule has 0 spiro atoms. The Labute approximate surface area is 39.5 Å². The van der Waals surface area contributed by atoms with Crippen LogP contribution in [0.15, 0.2) is 0 Å². The lowest BCUT2D eigenvalue weighted by Crippen LogP contribution is -1.36. The van der Waals surface area contributed by atoms with E-state index in [1.165, 1.54) is 0 Å². The summed E-state index contributed by atoms with van der Waals surface area (Å²) in [6.07, 6.45) is 0. The Morgan fingerprint density at radius 1 is 1.75 bits per heavy atom. The smallest absolute Gasteiger partial charge is 0.0126 e. The Bertz CT molecular complexity index is 4.00. The number of rotatable bonds is 0. The molecule has 0 aliphatic carbocycles. The SMILES string of the molecule is CCS.S. The van der Waals surface area contributed by atoms with Crippen LogP contribution in [0.5, 0.6) is 0 Å². The lowest BCUT2D eigenvalue weighted by atomic mass is 11.0. The molecule has 0 saturated carbocycles. The van der Waals surface area contributed by atoms with Gasteiger partial charge in [0.25, 0.3) is 0 Å². The molecule has 28 valence electrons. The van der Waals surface area contributed by atoms with Gasteiger partial charge in [-0.1, -0.05) is 6.92 Å². The molecule has 0 rings (SSSR count). The molecule has 0 aliphatic rings. The third kappa shape index (κ3) is 15.9. The van der Waals surface area contributed by atoms with Crippen LogP contribution in [0.3, 0.4) is 0 Å². The summed E-state index contributed by atoms with van der Waals surface area (Å²) in [5.41, 5.74) is 0. The Balaban J connectivity index is 0. The molecular weight excluding hydrogens is 88.2 g/mol. The minimum atomic E-state index is 0. The zero-order chi connectivity index (χ0) is 2.71. The van der Waals surface area contributed by atoms with Crippen LogP contribution in [0.4, 0.5) is 0 Å². The van der Waals surface area contributed by atoms with Crippen molar-refractivity contribution in [2.24, 2.45) is 0 Å². The Morgan fingerprint density at radius 2 is 1.75 bits per heavy atom. The molecule has 0 aliphatic heterocycles. The molecule has 0 aromatic heterocycles. The van der Waals surface area contributed by atoms with Gasteiger partial charge in [0.1, 0.15) is 0 Å². The maximum atomic E-state index is 3.79. The summed E-state index contributed by atoms with van der Waals surface area (Å²) in [5, 5.41) is 0. The second-order valence-corrected chi connectivity index (χ2v) is 0.949. The first kappa shape index (κ1) is 8.83. The van der Waals surface area contributed by atoms with E-state index >= 15 is 0 Å². The van der Waals surface area contributed by atoms with Crippen LogP contribution in [0.25, 0.3) is 0 Å². The summed E-state index contributed by atoms with van der Waals surface area (Å²) in [6, 6.07) is 0. The molecule has 0 amide bonds. The van der Waals surface area contributed by atoms with Crippen molar-refractivity contribution in [3.05, 3.63) is 0 Å². The Morgan fingerprint density at radius 3 is 1.75 bits per heavy atom. The van der Waals surface area contributed by atoms with Crippen molar-refractivity contribution in [2.75, 3.05) is 5.75 Å². The van der Waals surface area contributed by atoms with E-state index in [1.807, 2.05) is 6.92 Å². The molecule has 0 saturated heterocycles. The molecule has 0 N–H and O–H groups in total. The van der Waals surface area contributed by atoms with Crippen molar-refractivity contribution in [1.29, 1.82) is 0 Å². The predicted octanol–water partition coefficient (Wildman–Crippen LogP) is 1.05. The maximum Gasteiger partial charge on any atom is -0.0126 e. The largest absolute Gasteiger partial charge is 0.197 e. The summed E-state index contributed by atoms with van der Waals surface area (Å²) in [5.74, 6) is 0.944. The molecule has 0 radical (unpaired) electrons. The van der Waals surface area contributed by atoms with Gasteiger partial charge in [-0.05, 0) is 5.75 Å². The van der Waals surface area contributed by atoms with Gasteiger partial charge >= 0.3 is 0 Å². The van der Waals surface area contributed by atoms with Crippen LogP contribution in [0.2, 0.25) is 0 Å². The average Bonchev–Trinajstić information content (AvgIpc) is 0.918. The first-order valence-corrected chi connectivity index (χ1v) is 1.66. The maximum absolute atomic E-state index is 3.79. The summed E-state index contributed by atoms with van der Waals surface area (Å²) in [4.78, 5) is 0. The van der Waals surface area contributed by atoms with Crippen LogP contribution in [-0.2, 0) is 0 Å². The molecule has 0 aromatic carbocycles. The van der Waals surface area contributed by atoms with E-state index in [1.54, 1.807) is 0 Å². The van der Waals surface area contributed by atoms with E-state index in [0.717, 1.165) is 5.75 Å². The van der Waals surface area contributed by atoms with Crippen molar-refractivity contribution in [3.8, 4) is 0 Å². The van der Waals surface area contributed by atoms with Crippen LogP contribution in [-0.4, -0.2) is 5.75 Å². The fourth-order valence-corrected chi connectivity index (χ4v) is 0. The zero-order valence-electron chi connectivity index (χ0n) is 2.65. The minimum Gasteiger partial charge on any atom is -0.197 e. The normalized spacial score (nSPS) is 4.50. The van der Waals surface area contributed by atoms with E-state index in [-0.39, 0.29) is 13.5 Å². The summed E-state index contributed by atoms with van der Waals surface area (Å²) in [6.45, 7) is 1.99. The third-order valence-electron chi connectivity index (χ3n) is 0. The van der Waals surface area contributed by atoms with Crippen molar-refractivity contribution >= 4 is 26.1 Å². The van der Waals surface area contributed by atoms with Crippen LogP contribution in [0.1, 0.15) is 6.92 Å². The first-order valence-electron chi connectivity index (χ1n) is 1.02. The molecule has 4 heavy (non-hydrogen) atoms. The van der Waals surface area contributed by atoms with E-state index < -0.39 is 0 Å². The lowest BCUT2D eigenvalue weighted by molar-refractivity contribution is 1.54. The first-order chi connectivity index (χ1) is 1.41. The van der Waals surface area contributed by atoms with Gasteiger partial charge in [-0.15, -0.1) is 0 Å². The molecule has 0 unspecified atom stereocenters. The third-order valence-corrected chi connectivity index (χ3v) is 0. The van der Waals surface area contributed by atoms with E-state index in [4.69, 9.17) is 0 Å². The standard InChI is InChI=1S/C2H6S.H2S/c1-2-3;/h3H,2H2,1H3;1H2. The predicted molar refractivity (Wildman–Crippen MR) is 29.9 cm³/mol. The monoisotopic (exact) mass is 96.0 g/mol. The van der Waals surface area contributed by atoms with E-state index in [2.05, 4.69) is 12.6 Å². The van der Waals surface area contributed by atoms with Crippen LogP contribution >= 0.6 is 26.1 Å². The highest BCUT2D eigenvalue weighted by atomic mass is 32.1. The van der Waals surface area contributed by atoms with Crippen molar-refractivity contribution < 1.29 is 0 Å². The van der Waals surface area contributed by atoms with Gasteiger partial charge in [0.05, 0.1) is 0 Å². The van der Waals surface area contributed by atoms with Gasteiger partial charge in [-0.25, -0.2) is 0 Å². The second kappa shape index (κ2) is 9.33. The minimum absolute atomic E-state index is 0. The van der Waals surface area contributed by atoms with Crippen LogP contribution < -0.4 is 0 Å². The average molecular weight is 96.2 g/mol. The van der Waals surface area contributed by atoms with Crippen molar-refractivity contribution in [3.63, 3.8) is 0 Å². The van der Waals surface area contributed by atoms with Gasteiger partial charge < -0.3 is 0 Å². The number of hydrogen-bond acceptors (Lipinski definition) is 1. The molecule has 2 heteroatoms.